The summed E-state index contributed by atoms with van der Waals surface area (Å²) in [5.41, 5.74) is 0.152. The maximum Gasteiger partial charge on any atom is 0.257 e. The molecule has 182 valence electrons. The lowest BCUT2D eigenvalue weighted by Gasteiger charge is -2.17. The van der Waals surface area contributed by atoms with Gasteiger partial charge in [-0.25, -0.2) is 12.8 Å². The summed E-state index contributed by atoms with van der Waals surface area (Å²) in [7, 11) is -3.59. The number of ether oxygens (including phenoxy) is 2. The Bertz CT molecular complexity index is 1270. The third-order valence-electron chi connectivity index (χ3n) is 4.87. The Morgan fingerprint density at radius 1 is 1.18 bits per heavy atom. The first-order valence-electron chi connectivity index (χ1n) is 10.6. The summed E-state index contributed by atoms with van der Waals surface area (Å²) in [6.07, 6.45) is 2.69. The molecule has 0 aliphatic rings. The van der Waals surface area contributed by atoms with E-state index >= 15 is 0 Å². The van der Waals surface area contributed by atoms with E-state index in [0.29, 0.717) is 18.8 Å². The molecule has 0 aliphatic heterocycles. The first-order chi connectivity index (χ1) is 16.1. The van der Waals surface area contributed by atoms with Crippen molar-refractivity contribution < 1.29 is 32.2 Å². The molecular weight excluding hydrogens is 465 g/mol. The Hall–Kier alpha value is -3.44. The predicted octanol–water partition coefficient (Wildman–Crippen LogP) is 3.64. The van der Waals surface area contributed by atoms with Crippen molar-refractivity contribution in [3.8, 4) is 17.2 Å². The van der Waals surface area contributed by atoms with Gasteiger partial charge in [0.15, 0.2) is 27.2 Å². The van der Waals surface area contributed by atoms with Crippen LogP contribution in [0, 0.1) is 5.82 Å². The second kappa shape index (κ2) is 10.7. The molecule has 1 heterocycles. The summed E-state index contributed by atoms with van der Waals surface area (Å²) in [4.78, 5) is 12.7. The largest absolute Gasteiger partial charge is 0.488 e. The zero-order chi connectivity index (χ0) is 24.9. The summed E-state index contributed by atoms with van der Waals surface area (Å²) in [6.45, 7) is 4.15. The van der Waals surface area contributed by atoms with Gasteiger partial charge < -0.3 is 19.9 Å². The number of nitrogens with one attached hydrogen (secondary N) is 1. The minimum Gasteiger partial charge on any atom is -0.488 e. The summed E-state index contributed by atoms with van der Waals surface area (Å²) in [5, 5.41) is 16.4. The minimum atomic E-state index is -3.59. The van der Waals surface area contributed by atoms with Crippen molar-refractivity contribution in [3.63, 3.8) is 0 Å². The Morgan fingerprint density at radius 3 is 2.50 bits per heavy atom. The van der Waals surface area contributed by atoms with Gasteiger partial charge >= 0.3 is 0 Å². The highest BCUT2D eigenvalue weighted by Gasteiger charge is 2.17. The Balaban J connectivity index is 1.93. The van der Waals surface area contributed by atoms with Gasteiger partial charge in [-0.1, -0.05) is 6.92 Å². The van der Waals surface area contributed by atoms with Crippen LogP contribution < -0.4 is 14.8 Å². The normalized spacial score (nSPS) is 12.3. The molecular formula is C23H26FN3O6S. The van der Waals surface area contributed by atoms with E-state index in [1.54, 1.807) is 16.9 Å². The molecule has 3 aromatic rings. The smallest absolute Gasteiger partial charge is 0.257 e. The van der Waals surface area contributed by atoms with E-state index in [-0.39, 0.29) is 34.3 Å². The van der Waals surface area contributed by atoms with Crippen LogP contribution in [0.25, 0.3) is 0 Å². The Kier molecular flexibility index (Phi) is 7.90. The van der Waals surface area contributed by atoms with Gasteiger partial charge in [-0.15, -0.1) is 0 Å². The van der Waals surface area contributed by atoms with E-state index in [2.05, 4.69) is 10.4 Å². The summed E-state index contributed by atoms with van der Waals surface area (Å²) < 4.78 is 50.8. The van der Waals surface area contributed by atoms with Crippen LogP contribution in [0.3, 0.4) is 0 Å². The molecule has 1 amide bonds. The van der Waals surface area contributed by atoms with Gasteiger partial charge in [0.2, 0.25) is 0 Å². The highest BCUT2D eigenvalue weighted by molar-refractivity contribution is 7.90. The van der Waals surface area contributed by atoms with Gasteiger partial charge in [-0.05, 0) is 43.7 Å². The molecule has 1 atom stereocenters. The second-order valence-electron chi connectivity index (χ2n) is 7.50. The van der Waals surface area contributed by atoms with Crippen LogP contribution in [0.2, 0.25) is 0 Å². The average Bonchev–Trinajstić information content (AvgIpc) is 3.25. The van der Waals surface area contributed by atoms with Crippen molar-refractivity contribution in [2.24, 2.45) is 0 Å². The second-order valence-corrected chi connectivity index (χ2v) is 9.52. The minimum absolute atomic E-state index is 0.0838. The average molecular weight is 492 g/mol. The van der Waals surface area contributed by atoms with E-state index in [0.717, 1.165) is 12.3 Å². The molecule has 0 fully saturated rings. The highest BCUT2D eigenvalue weighted by atomic mass is 32.2. The molecule has 3 rings (SSSR count). The van der Waals surface area contributed by atoms with Crippen LogP contribution in [-0.2, 0) is 16.4 Å². The quantitative estimate of drug-likeness (QED) is 0.444. The standard InChI is InChI=1S/C23H26FN3O6S/c1-4-16(14-28)32-17-10-15(23(29)25-22-8-9-27(5-2)26-22)11-18(12-17)33-21-7-6-19(13-20(21)24)34(3,30)31/h6-13,16,28H,4-5,14H2,1-3H3,(H,25,26,29)/t16-/m0/s1. The molecule has 34 heavy (non-hydrogen) atoms. The number of rotatable bonds is 10. The van der Waals surface area contributed by atoms with Crippen molar-refractivity contribution in [3.05, 3.63) is 60.0 Å². The number of anilines is 1. The van der Waals surface area contributed by atoms with Crippen LogP contribution in [-0.4, -0.2) is 48.2 Å². The lowest BCUT2D eigenvalue weighted by atomic mass is 10.1. The third kappa shape index (κ3) is 6.33. The maximum atomic E-state index is 14.5. The van der Waals surface area contributed by atoms with E-state index < -0.39 is 27.7 Å². The third-order valence-corrected chi connectivity index (χ3v) is 5.98. The van der Waals surface area contributed by atoms with Crippen molar-refractivity contribution in [2.45, 2.75) is 37.8 Å². The molecule has 0 bridgehead atoms. The topological polar surface area (TPSA) is 120 Å². The summed E-state index contributed by atoms with van der Waals surface area (Å²) in [6, 6.07) is 9.25. The number of nitrogens with zero attached hydrogens (tertiary/aromatic N) is 2. The Labute approximate surface area is 197 Å². The molecule has 1 aromatic heterocycles. The van der Waals surface area contributed by atoms with Gasteiger partial charge in [0.05, 0.1) is 11.5 Å². The van der Waals surface area contributed by atoms with Gasteiger partial charge in [-0.3, -0.25) is 9.48 Å². The fraction of sp³-hybridized carbons (Fsp3) is 0.304. The van der Waals surface area contributed by atoms with E-state index in [4.69, 9.17) is 9.47 Å². The number of hydrogen-bond acceptors (Lipinski definition) is 7. The number of aryl methyl sites for hydroxylation is 1. The number of aromatic nitrogens is 2. The number of halogens is 1. The fourth-order valence-corrected chi connectivity index (χ4v) is 3.62. The zero-order valence-electron chi connectivity index (χ0n) is 19.0. The van der Waals surface area contributed by atoms with Crippen LogP contribution in [0.4, 0.5) is 10.2 Å². The molecule has 0 spiro atoms. The lowest BCUT2D eigenvalue weighted by molar-refractivity contribution is 0.102. The monoisotopic (exact) mass is 491 g/mol. The van der Waals surface area contributed by atoms with Gasteiger partial charge in [0.25, 0.3) is 5.91 Å². The molecule has 0 saturated heterocycles. The van der Waals surface area contributed by atoms with Gasteiger partial charge in [0, 0.05) is 36.7 Å². The zero-order valence-corrected chi connectivity index (χ0v) is 19.8. The molecule has 11 heteroatoms. The number of aliphatic hydroxyl groups is 1. The first kappa shape index (κ1) is 25.2. The number of sulfone groups is 1. The molecule has 0 saturated carbocycles. The SMILES string of the molecule is CC[C@@H](CO)Oc1cc(Oc2ccc(S(C)(=O)=O)cc2F)cc(C(=O)Nc2ccn(CC)n2)c1. The van der Waals surface area contributed by atoms with E-state index in [1.807, 2.05) is 13.8 Å². The number of hydrogen-bond donors (Lipinski definition) is 2. The predicted molar refractivity (Wildman–Crippen MR) is 124 cm³/mol. The summed E-state index contributed by atoms with van der Waals surface area (Å²) in [5.74, 6) is -0.943. The number of aliphatic hydroxyl groups excluding tert-OH is 1. The maximum absolute atomic E-state index is 14.5. The van der Waals surface area contributed by atoms with E-state index in [9.17, 15) is 22.7 Å². The van der Waals surface area contributed by atoms with Gasteiger partial charge in [-0.2, -0.15) is 5.10 Å². The Morgan fingerprint density at radius 2 is 1.91 bits per heavy atom. The van der Waals surface area contributed by atoms with E-state index in [1.165, 1.54) is 30.3 Å². The van der Waals surface area contributed by atoms with Crippen molar-refractivity contribution in [1.82, 2.24) is 9.78 Å². The molecule has 0 aliphatic carbocycles. The molecule has 2 N–H and O–H groups in total. The van der Waals surface area contributed by atoms with Gasteiger partial charge in [0.1, 0.15) is 17.6 Å². The molecule has 9 nitrogen and oxygen atoms in total. The summed E-state index contributed by atoms with van der Waals surface area (Å²) >= 11 is 0. The van der Waals surface area contributed by atoms with Crippen molar-refractivity contribution in [1.29, 1.82) is 0 Å². The number of carbonyl (C=O) groups is 1. The number of carbonyl (C=O) groups excluding carboxylic acids is 1. The molecule has 2 aromatic carbocycles. The van der Waals surface area contributed by atoms with Crippen LogP contribution in [0.1, 0.15) is 30.6 Å². The van der Waals surface area contributed by atoms with Crippen LogP contribution in [0.15, 0.2) is 53.6 Å². The first-order valence-corrected chi connectivity index (χ1v) is 12.5. The van der Waals surface area contributed by atoms with Crippen molar-refractivity contribution >= 4 is 21.6 Å². The molecule has 0 radical (unpaired) electrons. The number of amides is 1. The van der Waals surface area contributed by atoms with Crippen LogP contribution in [0.5, 0.6) is 17.2 Å². The lowest BCUT2D eigenvalue weighted by Crippen LogP contribution is -2.20. The van der Waals surface area contributed by atoms with Crippen LogP contribution >= 0.6 is 0 Å². The highest BCUT2D eigenvalue weighted by Crippen LogP contribution is 2.31. The molecule has 0 unspecified atom stereocenters. The number of benzene rings is 2. The fourth-order valence-electron chi connectivity index (χ4n) is 2.99. The van der Waals surface area contributed by atoms with Crippen molar-refractivity contribution in [2.75, 3.05) is 18.2 Å².